The predicted molar refractivity (Wildman–Crippen MR) is 88.0 cm³/mol. The smallest absolute Gasteiger partial charge is 0.132 e. The van der Waals surface area contributed by atoms with Crippen molar-refractivity contribution in [1.82, 2.24) is 10.2 Å². The molecule has 1 N–H and O–H groups in total. The molecule has 1 aliphatic rings. The summed E-state index contributed by atoms with van der Waals surface area (Å²) >= 11 is 1.88. The molecule has 1 rings (SSSR count). The quantitative estimate of drug-likeness (QED) is 0.585. The molecule has 0 amide bonds. The fourth-order valence-electron chi connectivity index (χ4n) is 2.38. The molecule has 2 nitrogen and oxygen atoms in total. The van der Waals surface area contributed by atoms with Crippen molar-refractivity contribution in [2.75, 3.05) is 0 Å². The van der Waals surface area contributed by atoms with Crippen LogP contribution in [0.1, 0.15) is 59.3 Å². The van der Waals surface area contributed by atoms with Crippen molar-refractivity contribution < 1.29 is 0 Å². The highest BCUT2D eigenvalue weighted by atomic mass is 32.2. The van der Waals surface area contributed by atoms with Crippen LogP contribution in [0.4, 0.5) is 0 Å². The highest BCUT2D eigenvalue weighted by molar-refractivity contribution is 8.02. The predicted octanol–water partition coefficient (Wildman–Crippen LogP) is 4.70. The van der Waals surface area contributed by atoms with E-state index in [9.17, 15) is 0 Å². The van der Waals surface area contributed by atoms with Gasteiger partial charge in [0.15, 0.2) is 0 Å². The second-order valence-electron chi connectivity index (χ2n) is 5.38. The highest BCUT2D eigenvalue weighted by Crippen LogP contribution is 2.28. The Morgan fingerprint density at radius 1 is 1.32 bits per heavy atom. The summed E-state index contributed by atoms with van der Waals surface area (Å²) in [5.41, 5.74) is 0.381. The van der Waals surface area contributed by atoms with Gasteiger partial charge in [-0.05, 0) is 25.2 Å². The van der Waals surface area contributed by atoms with Crippen LogP contribution in [0.15, 0.2) is 24.3 Å². The summed E-state index contributed by atoms with van der Waals surface area (Å²) in [7, 11) is 0. The number of nitrogens with zero attached hydrogens (tertiary/aromatic N) is 1. The summed E-state index contributed by atoms with van der Waals surface area (Å²) in [5, 5.41) is 5.93. The van der Waals surface area contributed by atoms with Gasteiger partial charge in [0.2, 0.25) is 0 Å². The molecule has 0 aromatic rings. The Labute approximate surface area is 123 Å². The van der Waals surface area contributed by atoms with E-state index in [1.807, 2.05) is 11.8 Å². The number of thioether (sulfide) groups is 1. The molecule has 1 heterocycles. The molecule has 0 aromatic heterocycles. The van der Waals surface area contributed by atoms with E-state index < -0.39 is 0 Å². The first-order valence-electron chi connectivity index (χ1n) is 7.71. The van der Waals surface area contributed by atoms with Crippen LogP contribution >= 0.6 is 11.8 Å². The van der Waals surface area contributed by atoms with Crippen molar-refractivity contribution >= 4 is 11.8 Å². The summed E-state index contributed by atoms with van der Waals surface area (Å²) < 4.78 is 0. The Kier molecular flexibility index (Phi) is 8.31. The minimum absolute atomic E-state index is 0.381. The van der Waals surface area contributed by atoms with E-state index in [1.165, 1.54) is 38.5 Å². The van der Waals surface area contributed by atoms with Gasteiger partial charge < -0.3 is 4.90 Å². The van der Waals surface area contributed by atoms with Gasteiger partial charge in [-0.1, -0.05) is 57.4 Å². The molecule has 0 saturated carbocycles. The molecule has 0 aliphatic carbocycles. The van der Waals surface area contributed by atoms with Crippen LogP contribution in [0.3, 0.4) is 0 Å². The van der Waals surface area contributed by atoms with Crippen LogP contribution < -0.4 is 5.32 Å². The van der Waals surface area contributed by atoms with E-state index in [0.29, 0.717) is 17.6 Å². The normalized spacial score (nSPS) is 21.6. The lowest BCUT2D eigenvalue weighted by Crippen LogP contribution is -2.46. The minimum atomic E-state index is 0.381. The van der Waals surface area contributed by atoms with Crippen molar-refractivity contribution in [3.05, 3.63) is 24.3 Å². The third kappa shape index (κ3) is 5.62. The Morgan fingerprint density at radius 2 is 2.00 bits per heavy atom. The Bertz CT molecular complexity index is 278. The lowest BCUT2D eigenvalue weighted by atomic mass is 10.1. The van der Waals surface area contributed by atoms with Gasteiger partial charge in [0.05, 0.1) is 0 Å². The van der Waals surface area contributed by atoms with Gasteiger partial charge in [0.1, 0.15) is 5.50 Å². The zero-order valence-electron chi connectivity index (χ0n) is 12.8. The fourth-order valence-corrected chi connectivity index (χ4v) is 3.41. The molecule has 0 radical (unpaired) electrons. The molecular weight excluding hydrogens is 252 g/mol. The van der Waals surface area contributed by atoms with Crippen molar-refractivity contribution in [1.29, 1.82) is 0 Å². The number of hydrogen-bond acceptors (Lipinski definition) is 3. The molecule has 0 fully saturated rings. The van der Waals surface area contributed by atoms with E-state index >= 15 is 0 Å². The Morgan fingerprint density at radius 3 is 2.63 bits per heavy atom. The first-order valence-corrected chi connectivity index (χ1v) is 8.65. The van der Waals surface area contributed by atoms with Crippen LogP contribution in [-0.4, -0.2) is 22.5 Å². The minimum Gasteiger partial charge on any atom is -0.346 e. The first kappa shape index (κ1) is 16.6. The van der Waals surface area contributed by atoms with Gasteiger partial charge in [-0.2, -0.15) is 0 Å². The standard InChI is InChI=1S/C16H30N2S/c1-5-8-10-14(4)17-16-18(12-13-19-16)15(7-3)11-9-6-2/h7,12-17H,3,5-6,8-11H2,1-2,4H3. The third-order valence-electron chi connectivity index (χ3n) is 3.64. The zero-order chi connectivity index (χ0) is 14.1. The molecule has 3 unspecified atom stereocenters. The summed E-state index contributed by atoms with van der Waals surface area (Å²) in [5.74, 6) is 0. The van der Waals surface area contributed by atoms with Crippen molar-refractivity contribution in [3.8, 4) is 0 Å². The van der Waals surface area contributed by atoms with Gasteiger partial charge in [-0.25, -0.2) is 0 Å². The first-order chi connectivity index (χ1) is 9.22. The number of rotatable bonds is 10. The largest absolute Gasteiger partial charge is 0.346 e. The monoisotopic (exact) mass is 282 g/mol. The van der Waals surface area contributed by atoms with Gasteiger partial charge in [0, 0.05) is 18.3 Å². The van der Waals surface area contributed by atoms with E-state index in [4.69, 9.17) is 0 Å². The second-order valence-corrected chi connectivity index (χ2v) is 6.37. The molecule has 19 heavy (non-hydrogen) atoms. The van der Waals surface area contributed by atoms with E-state index in [-0.39, 0.29) is 0 Å². The highest BCUT2D eigenvalue weighted by Gasteiger charge is 2.25. The maximum absolute atomic E-state index is 4.01. The summed E-state index contributed by atoms with van der Waals surface area (Å²) in [4.78, 5) is 2.43. The second kappa shape index (κ2) is 9.49. The molecule has 3 atom stereocenters. The van der Waals surface area contributed by atoms with Crippen LogP contribution in [0, 0.1) is 0 Å². The van der Waals surface area contributed by atoms with E-state index in [0.717, 1.165) is 0 Å². The number of unbranched alkanes of at least 4 members (excludes halogenated alkanes) is 2. The maximum atomic E-state index is 4.01. The molecule has 0 aromatic carbocycles. The van der Waals surface area contributed by atoms with Gasteiger partial charge in [0.25, 0.3) is 0 Å². The zero-order valence-corrected chi connectivity index (χ0v) is 13.6. The lowest BCUT2D eigenvalue weighted by Gasteiger charge is -2.33. The fraction of sp³-hybridized carbons (Fsp3) is 0.750. The topological polar surface area (TPSA) is 15.3 Å². The summed E-state index contributed by atoms with van der Waals surface area (Å²) in [6, 6.07) is 1.04. The molecule has 3 heteroatoms. The average Bonchev–Trinajstić information content (AvgIpc) is 2.85. The van der Waals surface area contributed by atoms with Crippen molar-refractivity contribution in [2.45, 2.75) is 76.9 Å². The average molecular weight is 282 g/mol. The third-order valence-corrected chi connectivity index (χ3v) is 4.55. The van der Waals surface area contributed by atoms with Gasteiger partial charge >= 0.3 is 0 Å². The Hall–Kier alpha value is -0.410. The SMILES string of the molecule is C=CC(CCCC)N1C=CSC1NC(C)CCCC. The molecule has 0 bridgehead atoms. The summed E-state index contributed by atoms with van der Waals surface area (Å²) in [6.07, 6.45) is 11.9. The summed E-state index contributed by atoms with van der Waals surface area (Å²) in [6.45, 7) is 10.8. The maximum Gasteiger partial charge on any atom is 0.132 e. The van der Waals surface area contributed by atoms with Crippen LogP contribution in [-0.2, 0) is 0 Å². The van der Waals surface area contributed by atoms with E-state index in [2.05, 4.69) is 55.3 Å². The molecule has 1 aliphatic heterocycles. The van der Waals surface area contributed by atoms with Crippen LogP contribution in [0.5, 0.6) is 0 Å². The van der Waals surface area contributed by atoms with Gasteiger partial charge in [-0.15, -0.1) is 6.58 Å². The van der Waals surface area contributed by atoms with Crippen LogP contribution in [0.2, 0.25) is 0 Å². The van der Waals surface area contributed by atoms with Crippen molar-refractivity contribution in [3.63, 3.8) is 0 Å². The van der Waals surface area contributed by atoms with Crippen molar-refractivity contribution in [2.24, 2.45) is 0 Å². The molecule has 0 saturated heterocycles. The Balaban J connectivity index is 2.46. The molecular formula is C16H30N2S. The lowest BCUT2D eigenvalue weighted by molar-refractivity contribution is 0.244. The number of hydrogen-bond donors (Lipinski definition) is 1. The molecule has 0 spiro atoms. The van der Waals surface area contributed by atoms with E-state index in [1.54, 1.807) is 0 Å². The van der Waals surface area contributed by atoms with Gasteiger partial charge in [-0.3, -0.25) is 5.32 Å². The van der Waals surface area contributed by atoms with Crippen LogP contribution in [0.25, 0.3) is 0 Å². The molecule has 110 valence electrons. The number of nitrogens with one attached hydrogen (secondary N) is 1.